The van der Waals surface area contributed by atoms with Gasteiger partial charge in [0.15, 0.2) is 0 Å². The summed E-state index contributed by atoms with van der Waals surface area (Å²) in [5.41, 5.74) is 3.15. The Balaban J connectivity index is 2.18. The number of piperidine rings is 1. The molecule has 2 aliphatic rings. The summed E-state index contributed by atoms with van der Waals surface area (Å²) in [5.74, 6) is 1.10. The molecule has 2 heteroatoms. The third kappa shape index (κ3) is 1.45. The molecule has 1 heterocycles. The van der Waals surface area contributed by atoms with Crippen LogP contribution in [0.25, 0.3) is 0 Å². The van der Waals surface area contributed by atoms with E-state index in [4.69, 9.17) is 0 Å². The first-order valence-electron chi connectivity index (χ1n) is 7.11. The summed E-state index contributed by atoms with van der Waals surface area (Å²) in [4.78, 5) is 2.52. The molecule has 3 atom stereocenters. The van der Waals surface area contributed by atoms with Crippen molar-refractivity contribution in [1.82, 2.24) is 4.90 Å². The fourth-order valence-corrected chi connectivity index (χ4v) is 4.35. The quantitative estimate of drug-likeness (QED) is 0.822. The molecule has 1 unspecified atom stereocenters. The highest BCUT2D eigenvalue weighted by atomic mass is 16.3. The van der Waals surface area contributed by atoms with E-state index in [1.807, 2.05) is 12.1 Å². The maximum Gasteiger partial charge on any atom is 0.115 e. The lowest BCUT2D eigenvalue weighted by Crippen LogP contribution is -2.57. The molecule has 98 valence electrons. The van der Waals surface area contributed by atoms with Crippen LogP contribution in [0.2, 0.25) is 0 Å². The minimum absolute atomic E-state index is 0.281. The summed E-state index contributed by atoms with van der Waals surface area (Å²) in [6.07, 6.45) is 3.53. The number of nitrogens with zero attached hydrogens (tertiary/aromatic N) is 1. The second-order valence-electron chi connectivity index (χ2n) is 6.14. The molecular formula is C16H23NO. The van der Waals surface area contributed by atoms with Gasteiger partial charge < -0.3 is 10.0 Å². The molecule has 1 N–H and O–H groups in total. The van der Waals surface area contributed by atoms with E-state index in [1.165, 1.54) is 30.5 Å². The Morgan fingerprint density at radius 1 is 1.44 bits per heavy atom. The van der Waals surface area contributed by atoms with Crippen molar-refractivity contribution in [3.05, 3.63) is 29.3 Å². The number of likely N-dealkylation sites (N-methyl/N-ethyl adjacent to an activating group) is 1. The van der Waals surface area contributed by atoms with Gasteiger partial charge in [-0.25, -0.2) is 0 Å². The van der Waals surface area contributed by atoms with Gasteiger partial charge in [-0.2, -0.15) is 0 Å². The van der Waals surface area contributed by atoms with E-state index in [2.05, 4.69) is 31.9 Å². The van der Waals surface area contributed by atoms with Gasteiger partial charge in [-0.05, 0) is 62.0 Å². The Kier molecular flexibility index (Phi) is 2.67. The molecule has 0 spiro atoms. The molecule has 3 rings (SSSR count). The van der Waals surface area contributed by atoms with Crippen LogP contribution in [-0.4, -0.2) is 29.6 Å². The predicted octanol–water partition coefficient (Wildman–Crippen LogP) is 2.94. The number of phenolic OH excluding ortho intramolecular Hbond substituents is 1. The van der Waals surface area contributed by atoms with Crippen LogP contribution in [0.3, 0.4) is 0 Å². The molecule has 0 saturated carbocycles. The van der Waals surface area contributed by atoms with Gasteiger partial charge in [-0.1, -0.05) is 19.9 Å². The lowest BCUT2D eigenvalue weighted by atomic mass is 9.57. The van der Waals surface area contributed by atoms with Crippen molar-refractivity contribution in [2.45, 2.75) is 44.6 Å². The van der Waals surface area contributed by atoms with Crippen LogP contribution in [0.5, 0.6) is 5.75 Å². The highest BCUT2D eigenvalue weighted by Crippen LogP contribution is 2.50. The van der Waals surface area contributed by atoms with Crippen LogP contribution >= 0.6 is 0 Å². The van der Waals surface area contributed by atoms with Crippen molar-refractivity contribution in [2.75, 3.05) is 13.6 Å². The molecule has 1 aliphatic heterocycles. The molecule has 1 fully saturated rings. The monoisotopic (exact) mass is 245 g/mol. The second-order valence-corrected chi connectivity index (χ2v) is 6.14. The molecule has 2 nitrogen and oxygen atoms in total. The number of hydrogen-bond acceptors (Lipinski definition) is 2. The van der Waals surface area contributed by atoms with Crippen molar-refractivity contribution >= 4 is 0 Å². The van der Waals surface area contributed by atoms with E-state index >= 15 is 0 Å². The second kappa shape index (κ2) is 3.99. The van der Waals surface area contributed by atoms with Gasteiger partial charge in [0.2, 0.25) is 0 Å². The first kappa shape index (κ1) is 12.0. The summed E-state index contributed by atoms with van der Waals surface area (Å²) >= 11 is 0. The van der Waals surface area contributed by atoms with E-state index in [1.54, 1.807) is 0 Å². The minimum Gasteiger partial charge on any atom is -0.508 e. The molecule has 0 amide bonds. The zero-order chi connectivity index (χ0) is 12.9. The molecule has 0 aromatic heterocycles. The van der Waals surface area contributed by atoms with Gasteiger partial charge in [-0.3, -0.25) is 0 Å². The zero-order valence-electron chi connectivity index (χ0n) is 11.6. The first-order chi connectivity index (χ1) is 8.58. The summed E-state index contributed by atoms with van der Waals surface area (Å²) in [6, 6.07) is 6.66. The van der Waals surface area contributed by atoms with Gasteiger partial charge in [0.25, 0.3) is 0 Å². The largest absolute Gasteiger partial charge is 0.508 e. The van der Waals surface area contributed by atoms with Gasteiger partial charge >= 0.3 is 0 Å². The van der Waals surface area contributed by atoms with Crippen LogP contribution in [-0.2, 0) is 11.8 Å². The molecule has 2 bridgehead atoms. The Labute approximate surface area is 110 Å². The fourth-order valence-electron chi connectivity index (χ4n) is 4.35. The summed E-state index contributed by atoms with van der Waals surface area (Å²) in [6.45, 7) is 5.88. The van der Waals surface area contributed by atoms with Gasteiger partial charge in [0.05, 0.1) is 0 Å². The van der Waals surface area contributed by atoms with Crippen LogP contribution in [0, 0.1) is 5.92 Å². The zero-order valence-corrected chi connectivity index (χ0v) is 11.6. The van der Waals surface area contributed by atoms with Gasteiger partial charge in [-0.15, -0.1) is 0 Å². The summed E-state index contributed by atoms with van der Waals surface area (Å²) in [5, 5.41) is 9.82. The highest BCUT2D eigenvalue weighted by molar-refractivity contribution is 5.44. The maximum absolute atomic E-state index is 9.82. The number of phenols is 1. The average molecular weight is 245 g/mol. The van der Waals surface area contributed by atoms with Crippen molar-refractivity contribution in [3.63, 3.8) is 0 Å². The van der Waals surface area contributed by atoms with Crippen LogP contribution in [0.1, 0.15) is 37.8 Å². The van der Waals surface area contributed by atoms with Crippen LogP contribution in [0.15, 0.2) is 18.2 Å². The predicted molar refractivity (Wildman–Crippen MR) is 74.0 cm³/mol. The smallest absolute Gasteiger partial charge is 0.115 e. The van der Waals surface area contributed by atoms with Crippen LogP contribution in [0.4, 0.5) is 0 Å². The normalized spacial score (nSPS) is 35.3. The third-order valence-electron chi connectivity index (χ3n) is 5.62. The SMILES string of the molecule is CC[C@@]12CCN(C)C(Cc3ccc(O)cc31)[C@@H]2C. The maximum atomic E-state index is 9.82. The fraction of sp³-hybridized carbons (Fsp3) is 0.625. The molecule has 1 saturated heterocycles. The Bertz CT molecular complexity index is 470. The first-order valence-corrected chi connectivity index (χ1v) is 7.11. The van der Waals surface area contributed by atoms with E-state index in [9.17, 15) is 5.11 Å². The van der Waals surface area contributed by atoms with Crippen molar-refractivity contribution < 1.29 is 5.11 Å². The molecule has 1 aromatic carbocycles. The number of rotatable bonds is 1. The number of hydrogen-bond donors (Lipinski definition) is 1. The molecule has 0 radical (unpaired) electrons. The number of likely N-dealkylation sites (tertiary alicyclic amines) is 1. The van der Waals surface area contributed by atoms with E-state index in [0.717, 1.165) is 6.42 Å². The highest BCUT2D eigenvalue weighted by Gasteiger charge is 2.49. The Morgan fingerprint density at radius 2 is 2.22 bits per heavy atom. The summed E-state index contributed by atoms with van der Waals surface area (Å²) < 4.78 is 0. The van der Waals surface area contributed by atoms with Crippen molar-refractivity contribution in [3.8, 4) is 5.75 Å². The molecular weight excluding hydrogens is 222 g/mol. The average Bonchev–Trinajstić information content (AvgIpc) is 2.36. The summed E-state index contributed by atoms with van der Waals surface area (Å²) in [7, 11) is 2.26. The number of aromatic hydroxyl groups is 1. The Hall–Kier alpha value is -1.02. The Morgan fingerprint density at radius 3 is 2.94 bits per heavy atom. The standard InChI is InChI=1S/C16H23NO/c1-4-16-7-8-17(3)15(11(16)2)9-12-5-6-13(18)10-14(12)16/h5-6,10-11,15,18H,4,7-9H2,1-3H3/t11-,15?,16-/m0/s1. The molecule has 18 heavy (non-hydrogen) atoms. The van der Waals surface area contributed by atoms with Gasteiger partial charge in [0, 0.05) is 11.5 Å². The number of benzene rings is 1. The third-order valence-corrected chi connectivity index (χ3v) is 5.62. The van der Waals surface area contributed by atoms with E-state index in [-0.39, 0.29) is 5.41 Å². The molecule has 1 aliphatic carbocycles. The van der Waals surface area contributed by atoms with Gasteiger partial charge in [0.1, 0.15) is 5.75 Å². The minimum atomic E-state index is 0.281. The lowest BCUT2D eigenvalue weighted by molar-refractivity contribution is 0.0385. The van der Waals surface area contributed by atoms with E-state index < -0.39 is 0 Å². The topological polar surface area (TPSA) is 23.5 Å². The van der Waals surface area contributed by atoms with Crippen LogP contribution < -0.4 is 0 Å². The lowest BCUT2D eigenvalue weighted by Gasteiger charge is -2.55. The number of fused-ring (bicyclic) bond motifs is 4. The van der Waals surface area contributed by atoms with Crippen molar-refractivity contribution in [2.24, 2.45) is 5.92 Å². The molecule has 1 aromatic rings. The van der Waals surface area contributed by atoms with Crippen molar-refractivity contribution in [1.29, 1.82) is 0 Å². The van der Waals surface area contributed by atoms with E-state index in [0.29, 0.717) is 17.7 Å².